The van der Waals surface area contributed by atoms with Crippen molar-refractivity contribution in [1.82, 2.24) is 5.32 Å². The monoisotopic (exact) mass is 352 g/mol. The highest BCUT2D eigenvalue weighted by molar-refractivity contribution is 6.00. The highest BCUT2D eigenvalue weighted by atomic mass is 16.3. The Balaban J connectivity index is 2.03. The van der Waals surface area contributed by atoms with Crippen molar-refractivity contribution in [1.29, 1.82) is 0 Å². The zero-order valence-corrected chi connectivity index (χ0v) is 15.2. The molecule has 0 spiro atoms. The molecule has 1 saturated heterocycles. The maximum atomic E-state index is 12.6. The summed E-state index contributed by atoms with van der Waals surface area (Å²) in [5.74, 6) is -0.172. The number of rotatable bonds is 5. The molecule has 0 radical (unpaired) electrons. The smallest absolute Gasteiger partial charge is 0.251 e. The fourth-order valence-electron chi connectivity index (χ4n) is 3.08. The van der Waals surface area contributed by atoms with Crippen LogP contribution >= 0.6 is 0 Å². The van der Waals surface area contributed by atoms with Crippen LogP contribution in [0.1, 0.15) is 35.7 Å². The Morgan fingerprint density at radius 3 is 2.54 bits per heavy atom. The standard InChI is InChI=1S/C21H24N2O3/c1-14-5-7-16(8-6-14)17-10-18(21(26)22-15(2)13-24)12-19(11-17)23-9-3-4-20(23)25/h5-8,10-12,15,24H,3-4,9,13H2,1-2H3,(H,22,26)/t15-/m0/s1. The first-order valence-corrected chi connectivity index (χ1v) is 8.92. The zero-order valence-electron chi connectivity index (χ0n) is 15.2. The van der Waals surface area contributed by atoms with Gasteiger partial charge in [0.2, 0.25) is 5.91 Å². The lowest BCUT2D eigenvalue weighted by atomic mass is 10.00. The van der Waals surface area contributed by atoms with Crippen molar-refractivity contribution < 1.29 is 14.7 Å². The SMILES string of the molecule is Cc1ccc(-c2cc(C(=O)N[C@@H](C)CO)cc(N3CCCC3=O)c2)cc1. The summed E-state index contributed by atoms with van der Waals surface area (Å²) < 4.78 is 0. The minimum absolute atomic E-state index is 0.0844. The molecule has 0 bridgehead atoms. The van der Waals surface area contributed by atoms with Crippen LogP contribution < -0.4 is 10.2 Å². The lowest BCUT2D eigenvalue weighted by molar-refractivity contribution is -0.117. The molecule has 0 unspecified atom stereocenters. The first kappa shape index (κ1) is 18.1. The second kappa shape index (κ2) is 7.70. The van der Waals surface area contributed by atoms with E-state index in [-0.39, 0.29) is 24.5 Å². The molecule has 1 aliphatic rings. The van der Waals surface area contributed by atoms with Gasteiger partial charge < -0.3 is 15.3 Å². The Bertz CT molecular complexity index is 815. The number of aryl methyl sites for hydroxylation is 1. The minimum Gasteiger partial charge on any atom is -0.394 e. The third kappa shape index (κ3) is 3.94. The van der Waals surface area contributed by atoms with Crippen molar-refractivity contribution in [2.45, 2.75) is 32.7 Å². The van der Waals surface area contributed by atoms with E-state index in [9.17, 15) is 14.7 Å². The first-order valence-electron chi connectivity index (χ1n) is 8.92. The van der Waals surface area contributed by atoms with Gasteiger partial charge >= 0.3 is 0 Å². The molecule has 5 nitrogen and oxygen atoms in total. The predicted octanol–water partition coefficient (Wildman–Crippen LogP) is 2.90. The van der Waals surface area contributed by atoms with Crippen molar-refractivity contribution >= 4 is 17.5 Å². The Morgan fingerprint density at radius 2 is 1.92 bits per heavy atom. The Labute approximate surface area is 153 Å². The molecule has 2 amide bonds. The number of hydrogen-bond acceptors (Lipinski definition) is 3. The molecule has 0 aromatic heterocycles. The van der Waals surface area contributed by atoms with E-state index >= 15 is 0 Å². The normalized spacial score (nSPS) is 15.2. The van der Waals surface area contributed by atoms with Crippen LogP contribution in [0.2, 0.25) is 0 Å². The van der Waals surface area contributed by atoms with Gasteiger partial charge in [0.15, 0.2) is 0 Å². The first-order chi connectivity index (χ1) is 12.5. The van der Waals surface area contributed by atoms with Crippen molar-refractivity contribution in [3.8, 4) is 11.1 Å². The van der Waals surface area contributed by atoms with E-state index in [0.717, 1.165) is 28.8 Å². The molecular formula is C21H24N2O3. The summed E-state index contributed by atoms with van der Waals surface area (Å²) in [6.07, 6.45) is 1.37. The van der Waals surface area contributed by atoms with E-state index in [2.05, 4.69) is 5.32 Å². The van der Waals surface area contributed by atoms with Crippen LogP contribution in [0.5, 0.6) is 0 Å². The van der Waals surface area contributed by atoms with Gasteiger partial charge in [-0.05, 0) is 49.6 Å². The molecule has 2 N–H and O–H groups in total. The maximum Gasteiger partial charge on any atom is 0.251 e. The number of carbonyl (C=O) groups is 2. The van der Waals surface area contributed by atoms with Gasteiger partial charge in [0.05, 0.1) is 6.61 Å². The number of aliphatic hydroxyl groups excluding tert-OH is 1. The van der Waals surface area contributed by atoms with Crippen LogP contribution in [0.15, 0.2) is 42.5 Å². The summed E-state index contributed by atoms with van der Waals surface area (Å²) in [7, 11) is 0. The Morgan fingerprint density at radius 1 is 1.19 bits per heavy atom. The van der Waals surface area contributed by atoms with Gasteiger partial charge in [0.25, 0.3) is 5.91 Å². The van der Waals surface area contributed by atoms with Crippen LogP contribution in [0.4, 0.5) is 5.69 Å². The number of hydrogen-bond donors (Lipinski definition) is 2. The molecule has 1 atom stereocenters. The average molecular weight is 352 g/mol. The largest absolute Gasteiger partial charge is 0.394 e. The molecular weight excluding hydrogens is 328 g/mol. The number of aliphatic hydroxyl groups is 1. The topological polar surface area (TPSA) is 69.6 Å². The summed E-state index contributed by atoms with van der Waals surface area (Å²) in [6.45, 7) is 4.32. The predicted molar refractivity (Wildman–Crippen MR) is 102 cm³/mol. The van der Waals surface area contributed by atoms with Crippen LogP contribution in [0.3, 0.4) is 0 Å². The number of benzene rings is 2. The molecule has 136 valence electrons. The molecule has 1 aliphatic heterocycles. The van der Waals surface area contributed by atoms with E-state index in [1.807, 2.05) is 43.3 Å². The summed E-state index contributed by atoms with van der Waals surface area (Å²) in [4.78, 5) is 26.5. The third-order valence-corrected chi connectivity index (χ3v) is 4.60. The lowest BCUT2D eigenvalue weighted by Crippen LogP contribution is -2.35. The highest BCUT2D eigenvalue weighted by Crippen LogP contribution is 2.29. The van der Waals surface area contributed by atoms with Crippen LogP contribution in [-0.2, 0) is 4.79 Å². The molecule has 2 aromatic rings. The van der Waals surface area contributed by atoms with Crippen LogP contribution in [0.25, 0.3) is 11.1 Å². The highest BCUT2D eigenvalue weighted by Gasteiger charge is 2.23. The second-order valence-electron chi connectivity index (χ2n) is 6.84. The maximum absolute atomic E-state index is 12.6. The van der Waals surface area contributed by atoms with Crippen molar-refractivity contribution in [3.05, 3.63) is 53.6 Å². The molecule has 3 rings (SSSR count). The van der Waals surface area contributed by atoms with Crippen molar-refractivity contribution in [2.24, 2.45) is 0 Å². The zero-order chi connectivity index (χ0) is 18.7. The Kier molecular flexibility index (Phi) is 5.38. The van der Waals surface area contributed by atoms with Gasteiger partial charge in [-0.25, -0.2) is 0 Å². The van der Waals surface area contributed by atoms with E-state index in [1.165, 1.54) is 0 Å². The molecule has 0 aliphatic carbocycles. The minimum atomic E-state index is -0.331. The summed E-state index contributed by atoms with van der Waals surface area (Å²) in [5.41, 5.74) is 4.28. The fourth-order valence-corrected chi connectivity index (χ4v) is 3.08. The quantitative estimate of drug-likeness (QED) is 0.869. The van der Waals surface area contributed by atoms with Gasteiger partial charge in [0, 0.05) is 30.3 Å². The van der Waals surface area contributed by atoms with E-state index in [4.69, 9.17) is 0 Å². The third-order valence-electron chi connectivity index (χ3n) is 4.60. The van der Waals surface area contributed by atoms with E-state index < -0.39 is 0 Å². The van der Waals surface area contributed by atoms with Crippen molar-refractivity contribution in [3.63, 3.8) is 0 Å². The molecule has 5 heteroatoms. The number of nitrogens with zero attached hydrogens (tertiary/aromatic N) is 1. The van der Waals surface area contributed by atoms with Gasteiger partial charge in [-0.2, -0.15) is 0 Å². The van der Waals surface area contributed by atoms with Gasteiger partial charge in [-0.3, -0.25) is 9.59 Å². The van der Waals surface area contributed by atoms with Crippen LogP contribution in [-0.4, -0.2) is 36.1 Å². The van der Waals surface area contributed by atoms with Gasteiger partial charge in [-0.15, -0.1) is 0 Å². The Hall–Kier alpha value is -2.66. The molecule has 0 saturated carbocycles. The lowest BCUT2D eigenvalue weighted by Gasteiger charge is -2.19. The number of carbonyl (C=O) groups excluding carboxylic acids is 2. The fraction of sp³-hybridized carbons (Fsp3) is 0.333. The molecule has 1 heterocycles. The summed E-state index contributed by atoms with van der Waals surface area (Å²) >= 11 is 0. The average Bonchev–Trinajstić information content (AvgIpc) is 3.07. The molecule has 26 heavy (non-hydrogen) atoms. The number of nitrogens with one attached hydrogen (secondary N) is 1. The van der Waals surface area contributed by atoms with E-state index in [1.54, 1.807) is 17.9 Å². The van der Waals surface area contributed by atoms with Gasteiger partial charge in [0.1, 0.15) is 0 Å². The van der Waals surface area contributed by atoms with Crippen molar-refractivity contribution in [2.75, 3.05) is 18.1 Å². The van der Waals surface area contributed by atoms with E-state index in [0.29, 0.717) is 18.5 Å². The number of anilines is 1. The van der Waals surface area contributed by atoms with Gasteiger partial charge in [-0.1, -0.05) is 29.8 Å². The number of amides is 2. The second-order valence-corrected chi connectivity index (χ2v) is 6.84. The summed E-state index contributed by atoms with van der Waals surface area (Å²) in [6, 6.07) is 13.3. The molecule has 2 aromatic carbocycles. The molecule has 1 fully saturated rings. The van der Waals surface area contributed by atoms with Crippen LogP contribution in [0, 0.1) is 6.92 Å². The summed E-state index contributed by atoms with van der Waals surface area (Å²) in [5, 5.41) is 12.0.